The first-order valence-electron chi connectivity index (χ1n) is 5.16. The molecule has 0 aromatic carbocycles. The number of rotatable bonds is 3. The maximum atomic E-state index is 7.22. The highest BCUT2D eigenvalue weighted by molar-refractivity contribution is 5.75. The summed E-state index contributed by atoms with van der Waals surface area (Å²) < 4.78 is 0. The molecule has 0 spiro atoms. The molecule has 0 saturated carbocycles. The normalized spacial score (nSPS) is 20.2. The molecule has 76 valence electrons. The van der Waals surface area contributed by atoms with Crippen LogP contribution in [0.4, 0.5) is 0 Å². The highest BCUT2D eigenvalue weighted by atomic mass is 15.1. The molecule has 0 radical (unpaired) electrons. The Hall–Kier alpha value is -0.570. The van der Waals surface area contributed by atoms with Crippen LogP contribution in [-0.4, -0.2) is 37.4 Å². The van der Waals surface area contributed by atoms with Gasteiger partial charge in [-0.25, -0.2) is 0 Å². The third kappa shape index (κ3) is 4.27. The molecular weight excluding hydrogens is 162 g/mol. The lowest BCUT2D eigenvalue weighted by Gasteiger charge is -2.28. The molecule has 2 N–H and O–H groups in total. The van der Waals surface area contributed by atoms with E-state index in [4.69, 9.17) is 5.41 Å². The minimum Gasteiger partial charge on any atom is -0.374 e. The standard InChI is InChI=1S/C10H21N3/c1-9(11)12-6-3-10-4-7-13(2)8-5-10/h10H,3-8H2,1-2H3,(H2,11,12). The molecule has 0 unspecified atom stereocenters. The van der Waals surface area contributed by atoms with Gasteiger partial charge in [-0.3, -0.25) is 5.41 Å². The summed E-state index contributed by atoms with van der Waals surface area (Å²) in [5.41, 5.74) is 0. The fourth-order valence-corrected chi connectivity index (χ4v) is 1.81. The van der Waals surface area contributed by atoms with Gasteiger partial charge in [-0.1, -0.05) is 0 Å². The van der Waals surface area contributed by atoms with E-state index >= 15 is 0 Å². The van der Waals surface area contributed by atoms with Crippen molar-refractivity contribution in [3.8, 4) is 0 Å². The van der Waals surface area contributed by atoms with Crippen LogP contribution >= 0.6 is 0 Å². The first-order valence-corrected chi connectivity index (χ1v) is 5.16. The molecule has 0 aliphatic carbocycles. The molecule has 1 fully saturated rings. The Morgan fingerprint density at radius 2 is 2.08 bits per heavy atom. The van der Waals surface area contributed by atoms with Gasteiger partial charge in [-0.2, -0.15) is 0 Å². The summed E-state index contributed by atoms with van der Waals surface area (Å²) >= 11 is 0. The Labute approximate surface area is 81.0 Å². The SMILES string of the molecule is CC(=N)NCCC1CCN(C)CC1. The van der Waals surface area contributed by atoms with Crippen molar-refractivity contribution in [1.82, 2.24) is 10.2 Å². The van der Waals surface area contributed by atoms with Gasteiger partial charge in [0.1, 0.15) is 0 Å². The van der Waals surface area contributed by atoms with Crippen LogP contribution in [0.1, 0.15) is 26.2 Å². The predicted molar refractivity (Wildman–Crippen MR) is 56.2 cm³/mol. The quantitative estimate of drug-likeness (QED) is 0.511. The van der Waals surface area contributed by atoms with Gasteiger partial charge >= 0.3 is 0 Å². The Balaban J connectivity index is 2.05. The van der Waals surface area contributed by atoms with Crippen molar-refractivity contribution < 1.29 is 0 Å². The van der Waals surface area contributed by atoms with Gasteiger partial charge in [0, 0.05) is 6.54 Å². The molecule has 1 aliphatic heterocycles. The number of hydrogen-bond donors (Lipinski definition) is 2. The van der Waals surface area contributed by atoms with Crippen molar-refractivity contribution in [3.63, 3.8) is 0 Å². The maximum absolute atomic E-state index is 7.22. The van der Waals surface area contributed by atoms with E-state index in [0.717, 1.165) is 12.5 Å². The van der Waals surface area contributed by atoms with E-state index in [1.54, 1.807) is 6.92 Å². The van der Waals surface area contributed by atoms with Crippen molar-refractivity contribution in [1.29, 1.82) is 5.41 Å². The van der Waals surface area contributed by atoms with Crippen molar-refractivity contribution in [2.75, 3.05) is 26.7 Å². The highest BCUT2D eigenvalue weighted by Gasteiger charge is 2.15. The Bertz CT molecular complexity index is 160. The smallest absolute Gasteiger partial charge is 0.0899 e. The number of nitrogens with zero attached hydrogens (tertiary/aromatic N) is 1. The van der Waals surface area contributed by atoms with E-state index in [0.29, 0.717) is 5.84 Å². The second kappa shape index (κ2) is 5.22. The highest BCUT2D eigenvalue weighted by Crippen LogP contribution is 2.18. The van der Waals surface area contributed by atoms with Crippen LogP contribution in [0.15, 0.2) is 0 Å². The van der Waals surface area contributed by atoms with Crippen LogP contribution in [0.5, 0.6) is 0 Å². The summed E-state index contributed by atoms with van der Waals surface area (Å²) in [7, 11) is 2.19. The number of piperidine rings is 1. The van der Waals surface area contributed by atoms with E-state index in [1.807, 2.05) is 0 Å². The molecule has 0 bridgehead atoms. The van der Waals surface area contributed by atoms with Gasteiger partial charge in [0.2, 0.25) is 0 Å². The molecule has 1 aliphatic rings. The summed E-state index contributed by atoms with van der Waals surface area (Å²) in [5.74, 6) is 1.47. The minimum absolute atomic E-state index is 0.591. The maximum Gasteiger partial charge on any atom is 0.0899 e. The van der Waals surface area contributed by atoms with Gasteiger partial charge in [0.05, 0.1) is 5.84 Å². The van der Waals surface area contributed by atoms with Crippen LogP contribution < -0.4 is 5.32 Å². The molecule has 13 heavy (non-hydrogen) atoms. The molecule has 1 saturated heterocycles. The van der Waals surface area contributed by atoms with Crippen LogP contribution in [0, 0.1) is 11.3 Å². The van der Waals surface area contributed by atoms with E-state index < -0.39 is 0 Å². The van der Waals surface area contributed by atoms with Crippen molar-refractivity contribution >= 4 is 5.84 Å². The number of hydrogen-bond acceptors (Lipinski definition) is 2. The fourth-order valence-electron chi connectivity index (χ4n) is 1.81. The predicted octanol–water partition coefficient (Wildman–Crippen LogP) is 1.31. The van der Waals surface area contributed by atoms with Crippen molar-refractivity contribution in [3.05, 3.63) is 0 Å². The zero-order valence-electron chi connectivity index (χ0n) is 8.77. The van der Waals surface area contributed by atoms with Crippen LogP contribution in [0.3, 0.4) is 0 Å². The van der Waals surface area contributed by atoms with Gasteiger partial charge in [-0.15, -0.1) is 0 Å². The lowest BCUT2D eigenvalue weighted by Crippen LogP contribution is -2.32. The van der Waals surface area contributed by atoms with Gasteiger partial charge < -0.3 is 10.2 Å². The Kier molecular flexibility index (Phi) is 4.22. The second-order valence-corrected chi connectivity index (χ2v) is 4.09. The molecule has 0 atom stereocenters. The molecule has 0 aromatic heterocycles. The molecule has 0 amide bonds. The van der Waals surface area contributed by atoms with Gasteiger partial charge in [0.25, 0.3) is 0 Å². The van der Waals surface area contributed by atoms with Crippen molar-refractivity contribution in [2.45, 2.75) is 26.2 Å². The summed E-state index contributed by atoms with van der Waals surface area (Å²) in [6.07, 6.45) is 3.88. The number of amidine groups is 1. The molecular formula is C10H21N3. The summed E-state index contributed by atoms with van der Waals surface area (Å²) in [4.78, 5) is 2.39. The summed E-state index contributed by atoms with van der Waals surface area (Å²) in [5, 5.41) is 10.3. The third-order valence-corrected chi connectivity index (χ3v) is 2.78. The van der Waals surface area contributed by atoms with Crippen LogP contribution in [-0.2, 0) is 0 Å². The Morgan fingerprint density at radius 3 is 2.62 bits per heavy atom. The van der Waals surface area contributed by atoms with E-state index in [1.165, 1.54) is 32.4 Å². The average Bonchev–Trinajstić information content (AvgIpc) is 2.08. The summed E-state index contributed by atoms with van der Waals surface area (Å²) in [6, 6.07) is 0. The first-order chi connectivity index (χ1) is 6.18. The van der Waals surface area contributed by atoms with Crippen LogP contribution in [0.25, 0.3) is 0 Å². The summed E-state index contributed by atoms with van der Waals surface area (Å²) in [6.45, 7) is 5.26. The van der Waals surface area contributed by atoms with E-state index in [2.05, 4.69) is 17.3 Å². The molecule has 1 heterocycles. The van der Waals surface area contributed by atoms with Gasteiger partial charge in [0.15, 0.2) is 0 Å². The topological polar surface area (TPSA) is 39.1 Å². The van der Waals surface area contributed by atoms with E-state index in [9.17, 15) is 0 Å². The molecule has 0 aromatic rings. The molecule has 3 heteroatoms. The largest absolute Gasteiger partial charge is 0.374 e. The van der Waals surface area contributed by atoms with E-state index in [-0.39, 0.29) is 0 Å². The van der Waals surface area contributed by atoms with Crippen LogP contribution in [0.2, 0.25) is 0 Å². The number of nitrogens with one attached hydrogen (secondary N) is 2. The first kappa shape index (κ1) is 10.5. The minimum atomic E-state index is 0.591. The lowest BCUT2D eigenvalue weighted by molar-refractivity contribution is 0.213. The zero-order chi connectivity index (χ0) is 9.68. The average molecular weight is 183 g/mol. The molecule has 1 rings (SSSR count). The lowest BCUT2D eigenvalue weighted by atomic mass is 9.94. The Morgan fingerprint density at radius 1 is 1.46 bits per heavy atom. The fraction of sp³-hybridized carbons (Fsp3) is 0.900. The third-order valence-electron chi connectivity index (χ3n) is 2.78. The van der Waals surface area contributed by atoms with Gasteiger partial charge in [-0.05, 0) is 52.2 Å². The number of likely N-dealkylation sites (tertiary alicyclic amines) is 1. The molecule has 3 nitrogen and oxygen atoms in total. The zero-order valence-corrected chi connectivity index (χ0v) is 8.77. The second-order valence-electron chi connectivity index (χ2n) is 4.09. The van der Waals surface area contributed by atoms with Crippen molar-refractivity contribution in [2.24, 2.45) is 5.92 Å². The monoisotopic (exact) mass is 183 g/mol.